The zero-order valence-electron chi connectivity index (χ0n) is 6.92. The first kappa shape index (κ1) is 9.55. The summed E-state index contributed by atoms with van der Waals surface area (Å²) in [6, 6.07) is 2.07. The highest BCUT2D eigenvalue weighted by Crippen LogP contribution is 2.22. The Hall–Kier alpha value is -0.000000000000000111. The highest BCUT2D eigenvalue weighted by Gasteiger charge is 2.07. The summed E-state index contributed by atoms with van der Waals surface area (Å²) in [5, 5.41) is 6.49. The van der Waals surface area contributed by atoms with Crippen LogP contribution in [0.1, 0.15) is 4.88 Å². The number of thiophene rings is 1. The van der Waals surface area contributed by atoms with E-state index in [1.807, 2.05) is 0 Å². The second-order valence-electron chi connectivity index (χ2n) is 2.58. The van der Waals surface area contributed by atoms with E-state index in [1.54, 1.807) is 23.1 Å². The molecule has 2 heterocycles. The number of halogens is 1. The van der Waals surface area contributed by atoms with Gasteiger partial charge in [0.05, 0.1) is 13.1 Å². The van der Waals surface area contributed by atoms with Gasteiger partial charge in [0.1, 0.15) is 0 Å². The second kappa shape index (κ2) is 4.48. The van der Waals surface area contributed by atoms with Crippen molar-refractivity contribution in [2.24, 2.45) is 4.99 Å². The maximum Gasteiger partial charge on any atom is 0.156 e. The molecular formula is C8H9BrN2S2. The molecule has 0 fully saturated rings. The van der Waals surface area contributed by atoms with E-state index in [-0.39, 0.29) is 0 Å². The molecule has 0 unspecified atom stereocenters. The van der Waals surface area contributed by atoms with Crippen molar-refractivity contribution in [1.29, 1.82) is 0 Å². The van der Waals surface area contributed by atoms with Gasteiger partial charge in [-0.2, -0.15) is 0 Å². The average molecular weight is 277 g/mol. The van der Waals surface area contributed by atoms with E-state index in [9.17, 15) is 0 Å². The van der Waals surface area contributed by atoms with Gasteiger partial charge in [0.15, 0.2) is 5.17 Å². The van der Waals surface area contributed by atoms with Crippen molar-refractivity contribution in [3.05, 3.63) is 20.8 Å². The third kappa shape index (κ3) is 2.48. The van der Waals surface area contributed by atoms with Crippen LogP contribution in [0, 0.1) is 0 Å². The molecule has 0 saturated heterocycles. The Bertz CT molecular complexity index is 322. The van der Waals surface area contributed by atoms with Crippen molar-refractivity contribution < 1.29 is 0 Å². The normalized spacial score (nSPS) is 15.9. The minimum Gasteiger partial charge on any atom is -0.360 e. The van der Waals surface area contributed by atoms with Gasteiger partial charge < -0.3 is 5.32 Å². The van der Waals surface area contributed by atoms with Gasteiger partial charge in [0.25, 0.3) is 0 Å². The smallest absolute Gasteiger partial charge is 0.156 e. The molecule has 0 atom stereocenters. The Labute approximate surface area is 94.0 Å². The number of hydrogen-bond acceptors (Lipinski definition) is 4. The number of nitrogens with zero attached hydrogens (tertiary/aromatic N) is 1. The van der Waals surface area contributed by atoms with Crippen LogP contribution >= 0.6 is 39.0 Å². The van der Waals surface area contributed by atoms with Gasteiger partial charge in [-0.25, -0.2) is 0 Å². The molecule has 1 aromatic rings. The number of hydrogen-bond donors (Lipinski definition) is 1. The Kier molecular flexibility index (Phi) is 3.29. The molecule has 0 aliphatic carbocycles. The molecule has 0 radical (unpaired) electrons. The van der Waals surface area contributed by atoms with Crippen LogP contribution in [0.25, 0.3) is 0 Å². The number of thioether (sulfide) groups is 1. The minimum atomic E-state index is 0.879. The lowest BCUT2D eigenvalue weighted by Gasteiger charge is -2.02. The summed E-state index contributed by atoms with van der Waals surface area (Å²) in [6.45, 7) is 1.84. The van der Waals surface area contributed by atoms with Crippen LogP contribution in [-0.4, -0.2) is 17.5 Å². The molecule has 70 valence electrons. The van der Waals surface area contributed by atoms with Gasteiger partial charge in [-0.05, 0) is 27.4 Å². The standard InChI is InChI=1S/C8H9BrN2S2/c9-6-1-3-12-7(6)5-11-8-10-2-4-13-8/h1,3H,2,4-5H2,(H,10,11). The third-order valence-electron chi connectivity index (χ3n) is 1.68. The lowest BCUT2D eigenvalue weighted by atomic mass is 10.5. The molecular weight excluding hydrogens is 268 g/mol. The lowest BCUT2D eigenvalue weighted by molar-refractivity contribution is 0.938. The number of nitrogens with one attached hydrogen (secondary N) is 1. The van der Waals surface area contributed by atoms with Gasteiger partial charge in [-0.15, -0.1) is 11.3 Å². The molecule has 0 aromatic carbocycles. The summed E-state index contributed by atoms with van der Waals surface area (Å²) in [4.78, 5) is 5.65. The highest BCUT2D eigenvalue weighted by molar-refractivity contribution is 9.10. The molecule has 5 heteroatoms. The first-order valence-electron chi connectivity index (χ1n) is 3.99. The fourth-order valence-corrected chi connectivity index (χ4v) is 3.21. The van der Waals surface area contributed by atoms with E-state index in [0.717, 1.165) is 24.0 Å². The van der Waals surface area contributed by atoms with E-state index in [4.69, 9.17) is 0 Å². The molecule has 0 amide bonds. The predicted octanol–water partition coefficient (Wildman–Crippen LogP) is 2.70. The number of aliphatic imine (C=N–C) groups is 1. The molecule has 1 aromatic heterocycles. The fourth-order valence-electron chi connectivity index (χ4n) is 1.05. The molecule has 1 aliphatic rings. The Balaban J connectivity index is 1.89. The molecule has 0 saturated carbocycles. The SMILES string of the molecule is Brc1ccsc1CNC1=NCCS1. The van der Waals surface area contributed by atoms with Crippen molar-refractivity contribution in [3.63, 3.8) is 0 Å². The van der Waals surface area contributed by atoms with Crippen molar-refractivity contribution in [3.8, 4) is 0 Å². The maximum atomic E-state index is 4.32. The molecule has 13 heavy (non-hydrogen) atoms. The maximum absolute atomic E-state index is 4.32. The molecule has 0 bridgehead atoms. The fraction of sp³-hybridized carbons (Fsp3) is 0.375. The van der Waals surface area contributed by atoms with Crippen LogP contribution in [0.5, 0.6) is 0 Å². The molecule has 2 rings (SSSR count). The summed E-state index contributed by atoms with van der Waals surface area (Å²) in [5.74, 6) is 1.12. The van der Waals surface area contributed by atoms with E-state index in [1.165, 1.54) is 9.35 Å². The summed E-state index contributed by atoms with van der Waals surface area (Å²) < 4.78 is 1.19. The summed E-state index contributed by atoms with van der Waals surface area (Å²) in [7, 11) is 0. The summed E-state index contributed by atoms with van der Waals surface area (Å²) in [5.41, 5.74) is 0. The minimum absolute atomic E-state index is 0.879. The van der Waals surface area contributed by atoms with Crippen molar-refractivity contribution in [1.82, 2.24) is 5.32 Å². The lowest BCUT2D eigenvalue weighted by Crippen LogP contribution is -2.17. The van der Waals surface area contributed by atoms with Crippen LogP contribution in [0.4, 0.5) is 0 Å². The number of rotatable bonds is 2. The van der Waals surface area contributed by atoms with E-state index < -0.39 is 0 Å². The van der Waals surface area contributed by atoms with Gasteiger partial charge in [-0.1, -0.05) is 11.8 Å². The van der Waals surface area contributed by atoms with Crippen molar-refractivity contribution >= 4 is 44.2 Å². The highest BCUT2D eigenvalue weighted by atomic mass is 79.9. The average Bonchev–Trinajstić information content (AvgIpc) is 2.72. The van der Waals surface area contributed by atoms with Gasteiger partial charge in [-0.3, -0.25) is 4.99 Å². The summed E-state index contributed by atoms with van der Waals surface area (Å²) in [6.07, 6.45) is 0. The zero-order valence-corrected chi connectivity index (χ0v) is 10.1. The Morgan fingerprint density at radius 3 is 3.15 bits per heavy atom. The van der Waals surface area contributed by atoms with Crippen molar-refractivity contribution in [2.45, 2.75) is 6.54 Å². The quantitative estimate of drug-likeness (QED) is 0.898. The molecule has 1 aliphatic heterocycles. The van der Waals surface area contributed by atoms with Crippen LogP contribution in [0.2, 0.25) is 0 Å². The second-order valence-corrected chi connectivity index (χ2v) is 5.52. The van der Waals surface area contributed by atoms with E-state index in [2.05, 4.69) is 37.7 Å². The Morgan fingerprint density at radius 2 is 2.54 bits per heavy atom. The first-order chi connectivity index (χ1) is 6.36. The molecule has 0 spiro atoms. The number of amidine groups is 1. The topological polar surface area (TPSA) is 24.4 Å². The van der Waals surface area contributed by atoms with Crippen molar-refractivity contribution in [2.75, 3.05) is 12.3 Å². The van der Waals surface area contributed by atoms with Gasteiger partial charge in [0.2, 0.25) is 0 Å². The Morgan fingerprint density at radius 1 is 1.62 bits per heavy atom. The first-order valence-corrected chi connectivity index (χ1v) is 6.65. The third-order valence-corrected chi connectivity index (χ3v) is 4.54. The van der Waals surface area contributed by atoms with Crippen LogP contribution < -0.4 is 5.32 Å². The van der Waals surface area contributed by atoms with Crippen LogP contribution in [0.3, 0.4) is 0 Å². The predicted molar refractivity (Wildman–Crippen MR) is 63.6 cm³/mol. The molecule has 1 N–H and O–H groups in total. The van der Waals surface area contributed by atoms with Crippen LogP contribution in [0.15, 0.2) is 20.9 Å². The zero-order chi connectivity index (χ0) is 9.10. The monoisotopic (exact) mass is 276 g/mol. The van der Waals surface area contributed by atoms with E-state index >= 15 is 0 Å². The van der Waals surface area contributed by atoms with Crippen LogP contribution in [-0.2, 0) is 6.54 Å². The molecule has 2 nitrogen and oxygen atoms in total. The summed E-state index contributed by atoms with van der Waals surface area (Å²) >= 11 is 7.06. The van der Waals surface area contributed by atoms with Gasteiger partial charge >= 0.3 is 0 Å². The van der Waals surface area contributed by atoms with Gasteiger partial charge in [0, 0.05) is 15.1 Å². The van der Waals surface area contributed by atoms with E-state index in [0.29, 0.717) is 0 Å². The largest absolute Gasteiger partial charge is 0.360 e.